The summed E-state index contributed by atoms with van der Waals surface area (Å²) in [5.41, 5.74) is 10.2. The molecule has 0 atom stereocenters. The van der Waals surface area contributed by atoms with Crippen LogP contribution in [0.3, 0.4) is 0 Å². The fraction of sp³-hybridized carbons (Fsp3) is 0.200. The highest BCUT2D eigenvalue weighted by Crippen LogP contribution is 2.27. The van der Waals surface area contributed by atoms with Gasteiger partial charge in [-0.2, -0.15) is 5.10 Å². The molecule has 0 radical (unpaired) electrons. The van der Waals surface area contributed by atoms with Crippen LogP contribution in [-0.2, 0) is 14.4 Å². The summed E-state index contributed by atoms with van der Waals surface area (Å²) in [6.07, 6.45) is 1.34. The number of methoxy groups -OCH3 is 1. The van der Waals surface area contributed by atoms with Crippen molar-refractivity contribution in [2.45, 2.75) is 13.8 Å². The molecule has 9 nitrogen and oxygen atoms in total. The fourth-order valence-electron chi connectivity index (χ4n) is 2.31. The molecule has 0 fully saturated rings. The first-order valence-corrected chi connectivity index (χ1v) is 8.61. The molecule has 4 N–H and O–H groups in total. The lowest BCUT2D eigenvalue weighted by Gasteiger charge is -2.10. The van der Waals surface area contributed by atoms with Gasteiger partial charge in [-0.05, 0) is 54.8 Å². The van der Waals surface area contributed by atoms with Gasteiger partial charge in [-0.25, -0.2) is 5.43 Å². The number of nitrogens with zero attached hydrogens (tertiary/aromatic N) is 1. The van der Waals surface area contributed by atoms with Crippen molar-refractivity contribution in [3.05, 3.63) is 53.1 Å². The molecule has 152 valence electrons. The van der Waals surface area contributed by atoms with Crippen LogP contribution in [0.15, 0.2) is 41.5 Å². The summed E-state index contributed by atoms with van der Waals surface area (Å²) in [7, 11) is 1.44. The second-order valence-electron chi connectivity index (χ2n) is 6.07. The summed E-state index contributed by atoms with van der Waals surface area (Å²) in [5, 5.41) is 6.32. The molecule has 0 aliphatic heterocycles. The molecule has 2 aromatic rings. The molecule has 29 heavy (non-hydrogen) atoms. The van der Waals surface area contributed by atoms with E-state index in [0.717, 1.165) is 11.1 Å². The van der Waals surface area contributed by atoms with Crippen molar-refractivity contribution in [1.82, 2.24) is 5.43 Å². The highest BCUT2D eigenvalue weighted by molar-refractivity contribution is 6.39. The first-order valence-electron chi connectivity index (χ1n) is 8.61. The summed E-state index contributed by atoms with van der Waals surface area (Å²) >= 11 is 0. The Balaban J connectivity index is 1.97. The smallest absolute Gasteiger partial charge is 0.329 e. The zero-order valence-corrected chi connectivity index (χ0v) is 16.3. The van der Waals surface area contributed by atoms with E-state index in [0.29, 0.717) is 22.7 Å². The number of aryl methyl sites for hydroxylation is 1. The molecular weight excluding hydrogens is 376 g/mol. The van der Waals surface area contributed by atoms with Gasteiger partial charge in [0.05, 0.1) is 13.3 Å². The maximum Gasteiger partial charge on any atom is 0.329 e. The van der Waals surface area contributed by atoms with Crippen LogP contribution in [0.4, 0.5) is 5.69 Å². The van der Waals surface area contributed by atoms with Crippen molar-refractivity contribution in [1.29, 1.82) is 0 Å². The molecule has 9 heteroatoms. The van der Waals surface area contributed by atoms with Gasteiger partial charge >= 0.3 is 11.8 Å². The van der Waals surface area contributed by atoms with Gasteiger partial charge in [-0.1, -0.05) is 12.1 Å². The molecule has 0 bridgehead atoms. The molecule has 0 aliphatic carbocycles. The number of nitrogens with one attached hydrogen (secondary N) is 2. The van der Waals surface area contributed by atoms with Crippen LogP contribution in [0.25, 0.3) is 0 Å². The number of primary amides is 1. The molecule has 0 saturated heterocycles. The minimum atomic E-state index is -0.907. The standard InChI is InChI=1S/C20H22N4O5/c1-12-5-4-6-15(13(12)2)23-19(26)20(27)24-22-10-14-7-8-16(17(9-14)28-3)29-11-18(21)25/h4-10H,11H2,1-3H3,(H2,21,25)(H,23,26)(H,24,27)/b22-10-. The average Bonchev–Trinajstić information content (AvgIpc) is 2.69. The Hall–Kier alpha value is -3.88. The van der Waals surface area contributed by atoms with E-state index in [-0.39, 0.29) is 6.61 Å². The van der Waals surface area contributed by atoms with E-state index in [4.69, 9.17) is 15.2 Å². The normalized spacial score (nSPS) is 10.4. The quantitative estimate of drug-likeness (QED) is 0.367. The molecule has 0 spiro atoms. The van der Waals surface area contributed by atoms with Crippen LogP contribution in [-0.4, -0.2) is 37.7 Å². The number of anilines is 1. The number of amides is 3. The van der Waals surface area contributed by atoms with Crippen LogP contribution < -0.4 is 25.9 Å². The molecule has 0 saturated carbocycles. The Morgan fingerprint density at radius 3 is 2.55 bits per heavy atom. The van der Waals surface area contributed by atoms with Crippen LogP contribution in [0.5, 0.6) is 11.5 Å². The molecule has 0 aromatic heterocycles. The van der Waals surface area contributed by atoms with Gasteiger partial charge in [-0.3, -0.25) is 14.4 Å². The van der Waals surface area contributed by atoms with E-state index in [1.807, 2.05) is 19.9 Å². The van der Waals surface area contributed by atoms with E-state index < -0.39 is 17.7 Å². The molecule has 0 unspecified atom stereocenters. The maximum absolute atomic E-state index is 12.0. The minimum absolute atomic E-state index is 0.282. The Bertz CT molecular complexity index is 956. The van der Waals surface area contributed by atoms with Crippen molar-refractivity contribution in [2.75, 3.05) is 19.0 Å². The van der Waals surface area contributed by atoms with E-state index in [9.17, 15) is 14.4 Å². The van der Waals surface area contributed by atoms with Crippen molar-refractivity contribution in [3.8, 4) is 11.5 Å². The first-order chi connectivity index (χ1) is 13.8. The minimum Gasteiger partial charge on any atom is -0.493 e. The fourth-order valence-corrected chi connectivity index (χ4v) is 2.31. The maximum atomic E-state index is 12.0. The molecule has 0 heterocycles. The van der Waals surface area contributed by atoms with Gasteiger partial charge < -0.3 is 20.5 Å². The number of hydrogen-bond donors (Lipinski definition) is 3. The predicted octanol–water partition coefficient (Wildman–Crippen LogP) is 1.26. The number of carbonyl (C=O) groups excluding carboxylic acids is 3. The van der Waals surface area contributed by atoms with Crippen molar-refractivity contribution in [3.63, 3.8) is 0 Å². The zero-order chi connectivity index (χ0) is 21.4. The highest BCUT2D eigenvalue weighted by atomic mass is 16.5. The van der Waals surface area contributed by atoms with Crippen molar-refractivity contribution < 1.29 is 23.9 Å². The lowest BCUT2D eigenvalue weighted by Crippen LogP contribution is -2.32. The summed E-state index contributed by atoms with van der Waals surface area (Å²) in [4.78, 5) is 34.8. The van der Waals surface area contributed by atoms with Crippen molar-refractivity contribution >= 4 is 29.6 Å². The number of benzene rings is 2. The third-order valence-corrected chi connectivity index (χ3v) is 4.00. The number of carbonyl (C=O) groups is 3. The van der Waals surface area contributed by atoms with Crippen molar-refractivity contribution in [2.24, 2.45) is 10.8 Å². The molecule has 3 amide bonds. The topological polar surface area (TPSA) is 132 Å². The lowest BCUT2D eigenvalue weighted by atomic mass is 10.1. The Morgan fingerprint density at radius 2 is 1.86 bits per heavy atom. The van der Waals surface area contributed by atoms with Crippen LogP contribution in [0.1, 0.15) is 16.7 Å². The predicted molar refractivity (Wildman–Crippen MR) is 108 cm³/mol. The van der Waals surface area contributed by atoms with Gasteiger partial charge in [0.1, 0.15) is 0 Å². The number of nitrogens with two attached hydrogens (primary N) is 1. The molecule has 0 aliphatic rings. The molecule has 2 aromatic carbocycles. The summed E-state index contributed by atoms with van der Waals surface area (Å²) in [6, 6.07) is 10.2. The Morgan fingerprint density at radius 1 is 1.10 bits per heavy atom. The van der Waals surface area contributed by atoms with E-state index in [1.165, 1.54) is 13.3 Å². The third-order valence-electron chi connectivity index (χ3n) is 4.00. The highest BCUT2D eigenvalue weighted by Gasteiger charge is 2.14. The number of hydrazone groups is 1. The summed E-state index contributed by atoms with van der Waals surface area (Å²) in [6.45, 7) is 3.48. The second-order valence-corrected chi connectivity index (χ2v) is 6.07. The van der Waals surface area contributed by atoms with Gasteiger partial charge in [0, 0.05) is 5.69 Å². The van der Waals surface area contributed by atoms with Crippen LogP contribution in [0, 0.1) is 13.8 Å². The van der Waals surface area contributed by atoms with Gasteiger partial charge in [-0.15, -0.1) is 0 Å². The SMILES string of the molecule is COc1cc(/C=N\NC(=O)C(=O)Nc2cccc(C)c2C)ccc1OCC(N)=O. The molecular formula is C20H22N4O5. The monoisotopic (exact) mass is 398 g/mol. The molecule has 2 rings (SSSR count). The van der Waals surface area contributed by atoms with Gasteiger partial charge in [0.15, 0.2) is 18.1 Å². The number of rotatable bonds is 7. The van der Waals surface area contributed by atoms with E-state index in [1.54, 1.807) is 30.3 Å². The van der Waals surface area contributed by atoms with E-state index in [2.05, 4.69) is 15.8 Å². The third kappa shape index (κ3) is 6.06. The number of ether oxygens (including phenoxy) is 2. The Kier molecular flexibility index (Phi) is 7.30. The Labute approximate surface area is 167 Å². The summed E-state index contributed by atoms with van der Waals surface area (Å²) in [5.74, 6) is -1.66. The average molecular weight is 398 g/mol. The second kappa shape index (κ2) is 9.88. The van der Waals surface area contributed by atoms with Crippen LogP contribution >= 0.6 is 0 Å². The largest absolute Gasteiger partial charge is 0.493 e. The van der Waals surface area contributed by atoms with Gasteiger partial charge in [0.2, 0.25) is 0 Å². The van der Waals surface area contributed by atoms with E-state index >= 15 is 0 Å². The number of hydrogen-bond acceptors (Lipinski definition) is 6. The lowest BCUT2D eigenvalue weighted by molar-refractivity contribution is -0.136. The summed E-state index contributed by atoms with van der Waals surface area (Å²) < 4.78 is 10.4. The van der Waals surface area contributed by atoms with Gasteiger partial charge in [0.25, 0.3) is 5.91 Å². The zero-order valence-electron chi connectivity index (χ0n) is 16.3. The van der Waals surface area contributed by atoms with Crippen LogP contribution in [0.2, 0.25) is 0 Å². The first kappa shape index (κ1) is 21.4.